The van der Waals surface area contributed by atoms with E-state index in [9.17, 15) is 10.2 Å². The number of benzene rings is 1. The van der Waals surface area contributed by atoms with Crippen LogP contribution in [0.3, 0.4) is 0 Å². The van der Waals surface area contributed by atoms with E-state index in [4.69, 9.17) is 4.74 Å². The maximum absolute atomic E-state index is 10.0. The Morgan fingerprint density at radius 3 is 2.48 bits per heavy atom. The van der Waals surface area contributed by atoms with Gasteiger partial charge in [-0.15, -0.1) is 0 Å². The summed E-state index contributed by atoms with van der Waals surface area (Å²) in [6.45, 7) is 5.80. The van der Waals surface area contributed by atoms with Gasteiger partial charge in [-0.1, -0.05) is 17.7 Å². The number of ether oxygens (including phenoxy) is 1. The van der Waals surface area contributed by atoms with Crippen LogP contribution >= 0.6 is 0 Å². The van der Waals surface area contributed by atoms with Crippen molar-refractivity contribution in [1.29, 1.82) is 0 Å². The Morgan fingerprint density at radius 2 is 1.86 bits per heavy atom. The first-order valence-electron chi connectivity index (χ1n) is 7.31. The zero-order valence-corrected chi connectivity index (χ0v) is 13.5. The number of likely N-dealkylation sites (N-methyl/N-ethyl adjacent to an activating group) is 2. The van der Waals surface area contributed by atoms with Gasteiger partial charge in [0, 0.05) is 19.6 Å². The Balaban J connectivity index is 2.34. The van der Waals surface area contributed by atoms with Gasteiger partial charge < -0.3 is 25.2 Å². The maximum atomic E-state index is 10.0. The molecular formula is C16H28N2O3. The molecule has 3 N–H and O–H groups in total. The minimum Gasteiger partial charge on any atom is -0.491 e. The average molecular weight is 296 g/mol. The molecule has 5 nitrogen and oxygen atoms in total. The van der Waals surface area contributed by atoms with E-state index in [-0.39, 0.29) is 6.61 Å². The third-order valence-corrected chi connectivity index (χ3v) is 3.25. The first-order valence-corrected chi connectivity index (χ1v) is 7.31. The fourth-order valence-corrected chi connectivity index (χ4v) is 2.29. The van der Waals surface area contributed by atoms with Crippen molar-refractivity contribution in [1.82, 2.24) is 10.2 Å². The van der Waals surface area contributed by atoms with Crippen LogP contribution in [-0.2, 0) is 0 Å². The molecule has 0 aliphatic rings. The van der Waals surface area contributed by atoms with Crippen molar-refractivity contribution in [3.63, 3.8) is 0 Å². The van der Waals surface area contributed by atoms with Crippen LogP contribution in [0.2, 0.25) is 0 Å². The molecule has 1 aromatic carbocycles. The lowest BCUT2D eigenvalue weighted by Crippen LogP contribution is -2.40. The van der Waals surface area contributed by atoms with Crippen molar-refractivity contribution in [3.8, 4) is 5.75 Å². The smallest absolute Gasteiger partial charge is 0.122 e. The molecule has 21 heavy (non-hydrogen) atoms. The van der Waals surface area contributed by atoms with E-state index < -0.39 is 12.2 Å². The van der Waals surface area contributed by atoms with E-state index in [1.165, 1.54) is 5.56 Å². The molecule has 0 bridgehead atoms. The highest BCUT2D eigenvalue weighted by Gasteiger charge is 2.13. The topological polar surface area (TPSA) is 65.0 Å². The van der Waals surface area contributed by atoms with Gasteiger partial charge in [-0.2, -0.15) is 0 Å². The predicted molar refractivity (Wildman–Crippen MR) is 84.8 cm³/mol. The van der Waals surface area contributed by atoms with E-state index in [0.717, 1.165) is 11.3 Å². The van der Waals surface area contributed by atoms with Crippen LogP contribution in [0.4, 0.5) is 0 Å². The number of aliphatic hydroxyl groups excluding tert-OH is 2. The maximum Gasteiger partial charge on any atom is 0.122 e. The van der Waals surface area contributed by atoms with Gasteiger partial charge in [-0.25, -0.2) is 0 Å². The quantitative estimate of drug-likeness (QED) is 0.621. The molecule has 0 spiro atoms. The molecule has 5 heteroatoms. The summed E-state index contributed by atoms with van der Waals surface area (Å²) in [6, 6.07) is 5.98. The molecule has 120 valence electrons. The van der Waals surface area contributed by atoms with E-state index >= 15 is 0 Å². The minimum atomic E-state index is -0.586. The van der Waals surface area contributed by atoms with Gasteiger partial charge >= 0.3 is 0 Å². The minimum absolute atomic E-state index is 0.246. The highest BCUT2D eigenvalue weighted by molar-refractivity contribution is 5.35. The Kier molecular flexibility index (Phi) is 7.67. The molecule has 0 saturated carbocycles. The molecule has 0 heterocycles. The van der Waals surface area contributed by atoms with Crippen LogP contribution in [-0.4, -0.2) is 67.7 Å². The number of rotatable bonds is 9. The van der Waals surface area contributed by atoms with Gasteiger partial charge in [0.2, 0.25) is 0 Å². The van der Waals surface area contributed by atoms with Gasteiger partial charge in [0.1, 0.15) is 18.5 Å². The van der Waals surface area contributed by atoms with E-state index in [2.05, 4.69) is 11.4 Å². The van der Waals surface area contributed by atoms with Gasteiger partial charge in [0.15, 0.2) is 0 Å². The summed E-state index contributed by atoms with van der Waals surface area (Å²) in [7, 11) is 3.68. The first-order chi connectivity index (χ1) is 9.92. The van der Waals surface area contributed by atoms with Crippen LogP contribution in [0.15, 0.2) is 18.2 Å². The second-order valence-electron chi connectivity index (χ2n) is 5.67. The monoisotopic (exact) mass is 296 g/mol. The van der Waals surface area contributed by atoms with Gasteiger partial charge in [0.25, 0.3) is 0 Å². The molecular weight excluding hydrogens is 268 g/mol. The summed E-state index contributed by atoms with van der Waals surface area (Å²) in [5, 5.41) is 22.6. The van der Waals surface area contributed by atoms with Crippen molar-refractivity contribution < 1.29 is 14.9 Å². The fourth-order valence-electron chi connectivity index (χ4n) is 2.29. The Morgan fingerprint density at radius 1 is 1.19 bits per heavy atom. The SMILES string of the molecule is CNCC(O)CN(C)CC(O)COc1ccc(C)cc1C. The summed E-state index contributed by atoms with van der Waals surface area (Å²) < 4.78 is 5.66. The molecule has 2 atom stereocenters. The van der Waals surface area contributed by atoms with Gasteiger partial charge in [0.05, 0.1) is 6.10 Å². The van der Waals surface area contributed by atoms with Crippen molar-refractivity contribution in [2.75, 3.05) is 40.3 Å². The molecule has 2 unspecified atom stereocenters. The summed E-state index contributed by atoms with van der Waals surface area (Å²) in [5.74, 6) is 0.803. The molecule has 0 amide bonds. The standard InChI is InChI=1S/C16H28N2O3/c1-12-5-6-16(13(2)7-12)21-11-15(20)10-18(4)9-14(19)8-17-3/h5-7,14-15,17,19-20H,8-11H2,1-4H3. The average Bonchev–Trinajstić information content (AvgIpc) is 2.37. The van der Waals surface area contributed by atoms with Crippen LogP contribution in [0.5, 0.6) is 5.75 Å². The molecule has 0 aliphatic heterocycles. The van der Waals surface area contributed by atoms with E-state index in [1.54, 1.807) is 7.05 Å². The lowest BCUT2D eigenvalue weighted by Gasteiger charge is -2.23. The third-order valence-electron chi connectivity index (χ3n) is 3.25. The number of hydrogen-bond donors (Lipinski definition) is 3. The summed E-state index contributed by atoms with van der Waals surface area (Å²) in [4.78, 5) is 1.90. The summed E-state index contributed by atoms with van der Waals surface area (Å²) in [5.41, 5.74) is 2.26. The predicted octanol–water partition coefficient (Wildman–Crippen LogP) is 0.555. The number of aliphatic hydroxyl groups is 2. The van der Waals surface area contributed by atoms with Crippen molar-refractivity contribution in [2.45, 2.75) is 26.1 Å². The third kappa shape index (κ3) is 6.91. The molecule has 1 rings (SSSR count). The van der Waals surface area contributed by atoms with Crippen molar-refractivity contribution >= 4 is 0 Å². The number of hydrogen-bond acceptors (Lipinski definition) is 5. The number of nitrogens with one attached hydrogen (secondary N) is 1. The summed E-state index contributed by atoms with van der Waals surface area (Å²) >= 11 is 0. The first kappa shape index (κ1) is 17.9. The van der Waals surface area contributed by atoms with Crippen molar-refractivity contribution in [3.05, 3.63) is 29.3 Å². The fraction of sp³-hybridized carbons (Fsp3) is 0.625. The Labute approximate surface area is 127 Å². The molecule has 0 aromatic heterocycles. The van der Waals surface area contributed by atoms with Crippen LogP contribution < -0.4 is 10.1 Å². The lowest BCUT2D eigenvalue weighted by molar-refractivity contribution is 0.0564. The lowest BCUT2D eigenvalue weighted by atomic mass is 10.1. The zero-order valence-electron chi connectivity index (χ0n) is 13.5. The molecule has 0 fully saturated rings. The largest absolute Gasteiger partial charge is 0.491 e. The second kappa shape index (κ2) is 9.00. The van der Waals surface area contributed by atoms with Crippen molar-refractivity contribution in [2.24, 2.45) is 0 Å². The van der Waals surface area contributed by atoms with E-state index in [1.807, 2.05) is 37.9 Å². The Bertz CT molecular complexity index is 426. The Hall–Kier alpha value is -1.14. The number of nitrogens with zero attached hydrogens (tertiary/aromatic N) is 1. The molecule has 0 saturated heterocycles. The summed E-state index contributed by atoms with van der Waals surface area (Å²) in [6.07, 6.45) is -1.02. The second-order valence-corrected chi connectivity index (χ2v) is 5.67. The van der Waals surface area contributed by atoms with Crippen LogP contribution in [0.25, 0.3) is 0 Å². The van der Waals surface area contributed by atoms with Gasteiger partial charge in [-0.3, -0.25) is 0 Å². The van der Waals surface area contributed by atoms with Gasteiger partial charge in [-0.05, 0) is 39.6 Å². The zero-order chi connectivity index (χ0) is 15.8. The highest BCUT2D eigenvalue weighted by atomic mass is 16.5. The molecule has 1 aromatic rings. The molecule has 0 aliphatic carbocycles. The number of aryl methyl sites for hydroxylation is 2. The molecule has 0 radical (unpaired) electrons. The van der Waals surface area contributed by atoms with Crippen LogP contribution in [0, 0.1) is 13.8 Å². The normalized spacial score (nSPS) is 14.2. The highest BCUT2D eigenvalue weighted by Crippen LogP contribution is 2.18. The van der Waals surface area contributed by atoms with E-state index in [0.29, 0.717) is 19.6 Å². The van der Waals surface area contributed by atoms with Crippen LogP contribution in [0.1, 0.15) is 11.1 Å².